The minimum Gasteiger partial charge on any atom is -0.460 e. The molecular weight excluding hydrogens is 402 g/mol. The molecule has 0 bridgehead atoms. The highest BCUT2D eigenvalue weighted by Gasteiger charge is 2.22. The van der Waals surface area contributed by atoms with Gasteiger partial charge in [0.15, 0.2) is 0 Å². The lowest BCUT2D eigenvalue weighted by atomic mass is 10.0. The number of nitrogens with one attached hydrogen (secondary N) is 1. The number of aryl methyl sites for hydroxylation is 1. The second-order valence-corrected chi connectivity index (χ2v) is 8.65. The highest BCUT2D eigenvalue weighted by atomic mass is 35.5. The molecule has 0 aliphatic heterocycles. The number of amides is 1. The van der Waals surface area contributed by atoms with E-state index in [1.807, 2.05) is 75.4 Å². The number of carbonyl (C=O) groups is 2. The van der Waals surface area contributed by atoms with Crippen LogP contribution in [0.15, 0.2) is 54.6 Å². The Bertz CT molecular complexity index is 800. The predicted molar refractivity (Wildman–Crippen MR) is 118 cm³/mol. The van der Waals surface area contributed by atoms with E-state index in [1.165, 1.54) is 0 Å². The summed E-state index contributed by atoms with van der Waals surface area (Å²) in [6.45, 7) is 5.64. The molecule has 6 heteroatoms. The van der Waals surface area contributed by atoms with Crippen LogP contribution in [0.1, 0.15) is 51.2 Å². The first-order valence-corrected chi connectivity index (χ1v) is 10.5. The van der Waals surface area contributed by atoms with Crippen LogP contribution >= 0.6 is 11.6 Å². The summed E-state index contributed by atoms with van der Waals surface area (Å²) in [4.78, 5) is 24.5. The van der Waals surface area contributed by atoms with Crippen molar-refractivity contribution in [1.82, 2.24) is 5.32 Å². The summed E-state index contributed by atoms with van der Waals surface area (Å²) in [5, 5.41) is 3.51. The smallest absolute Gasteiger partial charge is 0.407 e. The first kappa shape index (κ1) is 23.7. The van der Waals surface area contributed by atoms with Gasteiger partial charge in [0.1, 0.15) is 12.2 Å². The van der Waals surface area contributed by atoms with Crippen LogP contribution in [0, 0.1) is 0 Å². The van der Waals surface area contributed by atoms with E-state index in [0.717, 1.165) is 24.0 Å². The molecular formula is C24H30ClNO4. The average molecular weight is 432 g/mol. The number of halogens is 1. The SMILES string of the molecule is CC(C)(C)OC(=O)C[C@H](CCCc1ccc(Cl)cc1)NC(=O)OCc1ccccc1. The van der Waals surface area contributed by atoms with Crippen LogP contribution in [0.2, 0.25) is 5.02 Å². The first-order chi connectivity index (χ1) is 14.2. The molecule has 0 aliphatic rings. The van der Waals surface area contributed by atoms with Gasteiger partial charge in [0.2, 0.25) is 0 Å². The molecule has 0 heterocycles. The monoisotopic (exact) mass is 431 g/mol. The minimum atomic E-state index is -0.571. The Labute approximate surface area is 183 Å². The fourth-order valence-corrected chi connectivity index (χ4v) is 3.07. The molecule has 2 aromatic rings. The molecule has 162 valence electrons. The van der Waals surface area contributed by atoms with Crippen LogP contribution < -0.4 is 5.32 Å². The van der Waals surface area contributed by atoms with Gasteiger partial charge in [0.05, 0.1) is 6.42 Å². The molecule has 0 aliphatic carbocycles. The third-order valence-corrected chi connectivity index (χ3v) is 4.55. The van der Waals surface area contributed by atoms with Gasteiger partial charge in [-0.15, -0.1) is 0 Å². The van der Waals surface area contributed by atoms with Crippen LogP contribution in [0.4, 0.5) is 4.79 Å². The Balaban J connectivity index is 1.89. The lowest BCUT2D eigenvalue weighted by molar-refractivity contribution is -0.155. The van der Waals surface area contributed by atoms with Crippen molar-refractivity contribution >= 4 is 23.7 Å². The second kappa shape index (κ2) is 11.6. The molecule has 1 N–H and O–H groups in total. The summed E-state index contributed by atoms with van der Waals surface area (Å²) >= 11 is 5.92. The van der Waals surface area contributed by atoms with Crippen molar-refractivity contribution < 1.29 is 19.1 Å². The molecule has 0 saturated heterocycles. The number of esters is 1. The van der Waals surface area contributed by atoms with Gasteiger partial charge in [-0.2, -0.15) is 0 Å². The molecule has 2 aromatic carbocycles. The van der Waals surface area contributed by atoms with Crippen molar-refractivity contribution in [2.75, 3.05) is 0 Å². The zero-order valence-corrected chi connectivity index (χ0v) is 18.6. The minimum absolute atomic E-state index is 0.0956. The lowest BCUT2D eigenvalue weighted by Crippen LogP contribution is -2.38. The molecule has 2 rings (SSSR count). The van der Waals surface area contributed by atoms with Crippen LogP contribution in [-0.4, -0.2) is 23.7 Å². The number of alkyl carbamates (subject to hydrolysis) is 1. The number of benzene rings is 2. The molecule has 0 unspecified atom stereocenters. The van der Waals surface area contributed by atoms with E-state index in [0.29, 0.717) is 11.4 Å². The van der Waals surface area contributed by atoms with Gasteiger partial charge in [-0.3, -0.25) is 4.79 Å². The molecule has 1 atom stereocenters. The highest BCUT2D eigenvalue weighted by molar-refractivity contribution is 6.30. The summed E-state index contributed by atoms with van der Waals surface area (Å²) in [5.74, 6) is -0.345. The predicted octanol–water partition coefficient (Wildman–Crippen LogP) is 5.69. The zero-order valence-electron chi connectivity index (χ0n) is 17.8. The van der Waals surface area contributed by atoms with Crippen LogP contribution in [0.5, 0.6) is 0 Å². The van der Waals surface area contributed by atoms with E-state index in [1.54, 1.807) is 0 Å². The van der Waals surface area contributed by atoms with Gasteiger partial charge in [0, 0.05) is 11.1 Å². The lowest BCUT2D eigenvalue weighted by Gasteiger charge is -2.23. The molecule has 1 amide bonds. The largest absolute Gasteiger partial charge is 0.460 e. The number of carbonyl (C=O) groups excluding carboxylic acids is 2. The summed E-state index contributed by atoms with van der Waals surface area (Å²) in [7, 11) is 0. The third kappa shape index (κ3) is 9.79. The molecule has 5 nitrogen and oxygen atoms in total. The Morgan fingerprint density at radius 3 is 2.30 bits per heavy atom. The molecule has 30 heavy (non-hydrogen) atoms. The molecule has 0 spiro atoms. The van der Waals surface area contributed by atoms with Crippen molar-refractivity contribution in [2.45, 2.75) is 64.7 Å². The van der Waals surface area contributed by atoms with Crippen molar-refractivity contribution in [3.05, 3.63) is 70.7 Å². The summed E-state index contributed by atoms with van der Waals surface area (Å²) in [6.07, 6.45) is 1.80. The molecule has 0 aromatic heterocycles. The average Bonchev–Trinajstić information content (AvgIpc) is 2.67. The number of rotatable bonds is 9. The van der Waals surface area contributed by atoms with Crippen LogP contribution in [0.3, 0.4) is 0 Å². The van der Waals surface area contributed by atoms with Crippen molar-refractivity contribution in [1.29, 1.82) is 0 Å². The van der Waals surface area contributed by atoms with Gasteiger partial charge >= 0.3 is 12.1 Å². The van der Waals surface area contributed by atoms with E-state index >= 15 is 0 Å². The van der Waals surface area contributed by atoms with Gasteiger partial charge < -0.3 is 14.8 Å². The van der Waals surface area contributed by atoms with Crippen molar-refractivity contribution in [2.24, 2.45) is 0 Å². The van der Waals surface area contributed by atoms with E-state index < -0.39 is 11.7 Å². The summed E-state index contributed by atoms with van der Waals surface area (Å²) in [5.41, 5.74) is 1.49. The van der Waals surface area contributed by atoms with E-state index in [4.69, 9.17) is 21.1 Å². The Morgan fingerprint density at radius 2 is 1.67 bits per heavy atom. The number of ether oxygens (including phenoxy) is 2. The van der Waals surface area contributed by atoms with E-state index in [9.17, 15) is 9.59 Å². The maximum absolute atomic E-state index is 12.3. The molecule has 0 fully saturated rings. The number of hydrogen-bond acceptors (Lipinski definition) is 4. The van der Waals surface area contributed by atoms with Gasteiger partial charge in [-0.1, -0.05) is 54.1 Å². The van der Waals surface area contributed by atoms with Gasteiger partial charge in [-0.05, 0) is 63.3 Å². The summed E-state index contributed by atoms with van der Waals surface area (Å²) in [6, 6.07) is 16.8. The standard InChI is InChI=1S/C24H30ClNO4/c1-24(2,3)30-22(27)16-21(11-7-10-18-12-14-20(25)15-13-18)26-23(28)29-17-19-8-5-4-6-9-19/h4-6,8-9,12-15,21H,7,10-11,16-17H2,1-3H3,(H,26,28)/t21-/m0/s1. The van der Waals surface area contributed by atoms with Crippen LogP contribution in [-0.2, 0) is 27.3 Å². The number of hydrogen-bond donors (Lipinski definition) is 1. The Hall–Kier alpha value is -2.53. The van der Waals surface area contributed by atoms with E-state index in [2.05, 4.69) is 5.32 Å². The Morgan fingerprint density at radius 1 is 1.00 bits per heavy atom. The topological polar surface area (TPSA) is 64.6 Å². The van der Waals surface area contributed by atoms with E-state index in [-0.39, 0.29) is 25.0 Å². The van der Waals surface area contributed by atoms with Gasteiger partial charge in [0.25, 0.3) is 0 Å². The van der Waals surface area contributed by atoms with Crippen molar-refractivity contribution in [3.63, 3.8) is 0 Å². The maximum Gasteiger partial charge on any atom is 0.407 e. The Kier molecular flexibility index (Phi) is 9.18. The van der Waals surface area contributed by atoms with Gasteiger partial charge in [-0.25, -0.2) is 4.79 Å². The normalized spacial score (nSPS) is 12.1. The third-order valence-electron chi connectivity index (χ3n) is 4.30. The maximum atomic E-state index is 12.3. The molecule has 0 radical (unpaired) electrons. The highest BCUT2D eigenvalue weighted by Crippen LogP contribution is 2.15. The fraction of sp³-hybridized carbons (Fsp3) is 0.417. The first-order valence-electron chi connectivity index (χ1n) is 10.1. The zero-order chi connectivity index (χ0) is 22.0. The second-order valence-electron chi connectivity index (χ2n) is 8.21. The fourth-order valence-electron chi connectivity index (χ4n) is 2.94. The molecule has 0 saturated carbocycles. The van der Waals surface area contributed by atoms with Crippen molar-refractivity contribution in [3.8, 4) is 0 Å². The summed E-state index contributed by atoms with van der Waals surface area (Å²) < 4.78 is 10.7. The quantitative estimate of drug-likeness (QED) is 0.518. The van der Waals surface area contributed by atoms with Crippen LogP contribution in [0.25, 0.3) is 0 Å².